The fourth-order valence-corrected chi connectivity index (χ4v) is 3.74. The second kappa shape index (κ2) is 8.88. The van der Waals surface area contributed by atoms with Crippen molar-refractivity contribution in [1.82, 2.24) is 4.98 Å². The number of hydrogen-bond acceptors (Lipinski definition) is 9. The van der Waals surface area contributed by atoms with E-state index in [0.29, 0.717) is 17.2 Å². The van der Waals surface area contributed by atoms with Crippen molar-refractivity contribution in [3.8, 4) is 5.75 Å². The van der Waals surface area contributed by atoms with Crippen LogP contribution < -0.4 is 4.74 Å². The third-order valence-electron chi connectivity index (χ3n) is 3.51. The first kappa shape index (κ1) is 20.0. The minimum atomic E-state index is -0.969. The number of ether oxygens (including phenoxy) is 4. The van der Waals surface area contributed by atoms with Gasteiger partial charge in [0.2, 0.25) is 0 Å². The highest BCUT2D eigenvalue weighted by atomic mass is 32.2. The van der Waals surface area contributed by atoms with Crippen molar-refractivity contribution in [2.24, 2.45) is 0 Å². The smallest absolute Gasteiger partial charge is 0.303 e. The van der Waals surface area contributed by atoms with Crippen molar-refractivity contribution in [2.45, 2.75) is 51.4 Å². The molecule has 142 valence electrons. The predicted molar refractivity (Wildman–Crippen MR) is 92.5 cm³/mol. The zero-order chi connectivity index (χ0) is 19.3. The van der Waals surface area contributed by atoms with Crippen molar-refractivity contribution in [3.63, 3.8) is 0 Å². The number of pyridine rings is 1. The summed E-state index contributed by atoms with van der Waals surface area (Å²) in [5.41, 5.74) is 0.0128. The number of rotatable bonds is 5. The largest absolute Gasteiger partial charge is 0.474 e. The lowest BCUT2D eigenvalue weighted by atomic mass is 10.1. The highest BCUT2D eigenvalue weighted by molar-refractivity contribution is 7.99. The molecule has 0 aromatic carbocycles. The standard InChI is InChI=1S/C17H21NO7S/c1-9-13(6-5-7-18-9)25-17-16(24-12(4)21)15(23-11(3)20)14(8-26-17)22-10(2)19/h5-7,14-17H,8H2,1-4H3/t14-,15+,16-,17+/m1/s1. The van der Waals surface area contributed by atoms with Crippen molar-refractivity contribution < 1.29 is 33.3 Å². The van der Waals surface area contributed by atoms with Gasteiger partial charge in [-0.2, -0.15) is 0 Å². The molecule has 0 saturated carbocycles. The van der Waals surface area contributed by atoms with Gasteiger partial charge in [0, 0.05) is 32.7 Å². The molecule has 2 rings (SSSR count). The maximum Gasteiger partial charge on any atom is 0.303 e. The highest BCUT2D eigenvalue weighted by Gasteiger charge is 2.47. The lowest BCUT2D eigenvalue weighted by Crippen LogP contribution is -2.55. The van der Waals surface area contributed by atoms with E-state index in [1.807, 2.05) is 0 Å². The van der Waals surface area contributed by atoms with Gasteiger partial charge in [0.15, 0.2) is 23.7 Å². The molecule has 1 aromatic heterocycles. The van der Waals surface area contributed by atoms with Crippen molar-refractivity contribution in [3.05, 3.63) is 24.0 Å². The van der Waals surface area contributed by atoms with Crippen LogP contribution in [0.25, 0.3) is 0 Å². The highest BCUT2D eigenvalue weighted by Crippen LogP contribution is 2.34. The Balaban J connectivity index is 2.29. The average Bonchev–Trinajstić information content (AvgIpc) is 2.53. The summed E-state index contributed by atoms with van der Waals surface area (Å²) in [7, 11) is 0. The maximum absolute atomic E-state index is 11.6. The molecular formula is C17H21NO7S. The Morgan fingerprint density at radius 1 is 1.04 bits per heavy atom. The number of carbonyl (C=O) groups is 3. The van der Waals surface area contributed by atoms with Crippen LogP contribution in [0.4, 0.5) is 0 Å². The Morgan fingerprint density at radius 2 is 1.65 bits per heavy atom. The number of esters is 3. The molecule has 0 amide bonds. The molecular weight excluding hydrogens is 362 g/mol. The molecule has 0 spiro atoms. The van der Waals surface area contributed by atoms with Crippen LogP contribution in [0, 0.1) is 6.92 Å². The lowest BCUT2D eigenvalue weighted by Gasteiger charge is -2.40. The number of thioether (sulfide) groups is 1. The Morgan fingerprint density at radius 3 is 2.23 bits per heavy atom. The fourth-order valence-electron chi connectivity index (χ4n) is 2.53. The van der Waals surface area contributed by atoms with Gasteiger partial charge in [0.1, 0.15) is 5.75 Å². The maximum atomic E-state index is 11.6. The number of nitrogens with zero attached hydrogens (tertiary/aromatic N) is 1. The third kappa shape index (κ3) is 5.35. The van der Waals surface area contributed by atoms with Crippen LogP contribution in [-0.2, 0) is 28.6 Å². The van der Waals surface area contributed by atoms with Crippen molar-refractivity contribution in [1.29, 1.82) is 0 Å². The molecule has 26 heavy (non-hydrogen) atoms. The third-order valence-corrected chi connectivity index (χ3v) is 4.72. The molecule has 4 atom stereocenters. The van der Waals surface area contributed by atoms with E-state index in [-0.39, 0.29) is 0 Å². The second-order valence-corrected chi connectivity index (χ2v) is 6.83. The predicted octanol–water partition coefficient (Wildman–Crippen LogP) is 1.64. The molecule has 1 aliphatic rings. The molecule has 0 N–H and O–H groups in total. The van der Waals surface area contributed by atoms with E-state index in [1.54, 1.807) is 25.3 Å². The van der Waals surface area contributed by atoms with Gasteiger partial charge in [-0.05, 0) is 19.1 Å². The van der Waals surface area contributed by atoms with Crippen LogP contribution in [0.5, 0.6) is 5.75 Å². The average molecular weight is 383 g/mol. The van der Waals surface area contributed by atoms with Crippen LogP contribution in [0.3, 0.4) is 0 Å². The molecule has 1 saturated heterocycles. The Kier molecular flexibility index (Phi) is 6.84. The summed E-state index contributed by atoms with van der Waals surface area (Å²) in [5.74, 6) is -0.814. The SMILES string of the molecule is CC(=O)O[C@@H]1[C@@H](OC(C)=O)[C@@H](Oc2cccnc2C)SC[C@H]1OC(C)=O. The normalized spacial score (nSPS) is 25.1. The van der Waals surface area contributed by atoms with E-state index in [4.69, 9.17) is 18.9 Å². The van der Waals surface area contributed by atoms with Crippen LogP contribution in [-0.4, -0.2) is 52.4 Å². The molecule has 2 heterocycles. The number of aromatic nitrogens is 1. The minimum absolute atomic E-state index is 0.319. The summed E-state index contributed by atoms with van der Waals surface area (Å²) in [6.07, 6.45) is -1.03. The topological polar surface area (TPSA) is 101 Å². The Hall–Kier alpha value is -2.29. The van der Waals surface area contributed by atoms with Gasteiger partial charge >= 0.3 is 17.9 Å². The van der Waals surface area contributed by atoms with Crippen LogP contribution in [0.1, 0.15) is 26.5 Å². The van der Waals surface area contributed by atoms with Gasteiger partial charge in [-0.1, -0.05) is 0 Å². The number of carbonyl (C=O) groups excluding carboxylic acids is 3. The van der Waals surface area contributed by atoms with E-state index in [0.717, 1.165) is 0 Å². The van der Waals surface area contributed by atoms with Crippen LogP contribution in [0.15, 0.2) is 18.3 Å². The first-order valence-electron chi connectivity index (χ1n) is 7.99. The summed E-state index contributed by atoms with van der Waals surface area (Å²) in [4.78, 5) is 38.6. The quantitative estimate of drug-likeness (QED) is 0.554. The van der Waals surface area contributed by atoms with Crippen molar-refractivity contribution >= 4 is 29.7 Å². The Bertz CT molecular complexity index is 681. The van der Waals surface area contributed by atoms with Gasteiger partial charge in [0.25, 0.3) is 0 Å². The zero-order valence-electron chi connectivity index (χ0n) is 15.0. The molecule has 0 radical (unpaired) electrons. The zero-order valence-corrected chi connectivity index (χ0v) is 15.8. The molecule has 1 aromatic rings. The first-order valence-corrected chi connectivity index (χ1v) is 9.04. The Labute approximate surface area is 155 Å². The van der Waals surface area contributed by atoms with E-state index < -0.39 is 41.7 Å². The monoisotopic (exact) mass is 383 g/mol. The van der Waals surface area contributed by atoms with Crippen LogP contribution >= 0.6 is 11.8 Å². The summed E-state index contributed by atoms with van der Waals surface area (Å²) >= 11 is 1.30. The van der Waals surface area contributed by atoms with Crippen LogP contribution in [0.2, 0.25) is 0 Å². The van der Waals surface area contributed by atoms with Gasteiger partial charge in [-0.25, -0.2) is 0 Å². The molecule has 0 unspecified atom stereocenters. The number of hydrogen-bond donors (Lipinski definition) is 0. The molecule has 8 nitrogen and oxygen atoms in total. The van der Waals surface area contributed by atoms with Gasteiger partial charge < -0.3 is 18.9 Å². The molecule has 1 aliphatic heterocycles. The van der Waals surface area contributed by atoms with E-state index in [2.05, 4.69) is 4.98 Å². The van der Waals surface area contributed by atoms with Gasteiger partial charge in [0.05, 0.1) is 5.69 Å². The first-order chi connectivity index (χ1) is 12.3. The molecule has 0 aliphatic carbocycles. The second-order valence-electron chi connectivity index (χ2n) is 5.70. The van der Waals surface area contributed by atoms with Crippen molar-refractivity contribution in [2.75, 3.05) is 5.75 Å². The summed E-state index contributed by atoms with van der Waals surface area (Å²) < 4.78 is 21.9. The minimum Gasteiger partial charge on any atom is -0.474 e. The molecule has 0 bridgehead atoms. The van der Waals surface area contributed by atoms with Gasteiger partial charge in [-0.15, -0.1) is 11.8 Å². The molecule has 9 heteroatoms. The summed E-state index contributed by atoms with van der Waals surface area (Å²) in [6.45, 7) is 5.53. The summed E-state index contributed by atoms with van der Waals surface area (Å²) in [6, 6.07) is 3.47. The van der Waals surface area contributed by atoms with E-state index in [9.17, 15) is 14.4 Å². The molecule has 1 fully saturated rings. The summed E-state index contributed by atoms with van der Waals surface area (Å²) in [5, 5.41) is 0. The fraction of sp³-hybridized carbons (Fsp3) is 0.529. The number of aryl methyl sites for hydroxylation is 1. The van der Waals surface area contributed by atoms with E-state index in [1.165, 1.54) is 32.5 Å². The van der Waals surface area contributed by atoms with Gasteiger partial charge in [-0.3, -0.25) is 19.4 Å². The lowest BCUT2D eigenvalue weighted by molar-refractivity contribution is -0.186. The van der Waals surface area contributed by atoms with E-state index >= 15 is 0 Å².